The molecule has 0 aliphatic carbocycles. The average Bonchev–Trinajstić information content (AvgIpc) is 2.65. The molecule has 16 heavy (non-hydrogen) atoms. The maximum atomic E-state index is 11.6. The van der Waals surface area contributed by atoms with Gasteiger partial charge < -0.3 is 9.62 Å². The van der Waals surface area contributed by atoms with Gasteiger partial charge in [-0.1, -0.05) is 30.3 Å². The highest BCUT2D eigenvalue weighted by Gasteiger charge is 2.02. The Hall–Kier alpha value is -1.55. The summed E-state index contributed by atoms with van der Waals surface area (Å²) in [5, 5.41) is 11.6. The Bertz CT molecular complexity index is 491. The number of hydrogen-bond donors (Lipinski definition) is 0. The second kappa shape index (κ2) is 4.99. The van der Waals surface area contributed by atoms with Gasteiger partial charge in [-0.2, -0.15) is 0 Å². The smallest absolute Gasteiger partial charge is 0.217 e. The number of hydrogen-bond acceptors (Lipinski definition) is 2. The summed E-state index contributed by atoms with van der Waals surface area (Å²) in [6.07, 6.45) is 1.43. The summed E-state index contributed by atoms with van der Waals surface area (Å²) in [6.45, 7) is 0.319. The minimum Gasteiger partial charge on any atom is -0.623 e. The SMILES string of the molecule is [O-]/[N+](=C\c1ccc(Br)o1)Cc1ccccc1. The Balaban J connectivity index is 2.08. The van der Waals surface area contributed by atoms with Crippen LogP contribution in [0.5, 0.6) is 0 Å². The van der Waals surface area contributed by atoms with Crippen LogP contribution in [0, 0.1) is 5.21 Å². The van der Waals surface area contributed by atoms with Gasteiger partial charge in [-0.05, 0) is 28.1 Å². The van der Waals surface area contributed by atoms with E-state index in [1.165, 1.54) is 6.21 Å². The molecule has 2 rings (SSSR count). The first kappa shape index (κ1) is 11.0. The van der Waals surface area contributed by atoms with Crippen molar-refractivity contribution < 1.29 is 9.16 Å². The van der Waals surface area contributed by atoms with Crippen LogP contribution in [0.25, 0.3) is 0 Å². The van der Waals surface area contributed by atoms with Gasteiger partial charge >= 0.3 is 0 Å². The molecule has 0 N–H and O–H groups in total. The highest BCUT2D eigenvalue weighted by Crippen LogP contribution is 2.12. The van der Waals surface area contributed by atoms with Gasteiger partial charge in [-0.3, -0.25) is 0 Å². The van der Waals surface area contributed by atoms with Gasteiger partial charge in [-0.25, -0.2) is 4.74 Å². The summed E-state index contributed by atoms with van der Waals surface area (Å²) in [4.78, 5) is 0. The number of benzene rings is 1. The summed E-state index contributed by atoms with van der Waals surface area (Å²) < 4.78 is 6.68. The van der Waals surface area contributed by atoms with Gasteiger partial charge in [0.05, 0.1) is 0 Å². The first-order chi connectivity index (χ1) is 7.74. The molecule has 1 aromatic heterocycles. The minimum absolute atomic E-state index is 0.319. The maximum absolute atomic E-state index is 11.6. The summed E-state index contributed by atoms with van der Waals surface area (Å²) in [5.74, 6) is 0.540. The minimum atomic E-state index is 0.319. The Morgan fingerprint density at radius 1 is 1.19 bits per heavy atom. The number of rotatable bonds is 3. The number of halogens is 1. The normalized spacial score (nSPS) is 11.7. The molecule has 82 valence electrons. The maximum Gasteiger partial charge on any atom is 0.217 e. The summed E-state index contributed by atoms with van der Waals surface area (Å²) in [5.41, 5.74) is 0.972. The van der Waals surface area contributed by atoms with Crippen molar-refractivity contribution >= 4 is 22.1 Å². The van der Waals surface area contributed by atoms with Gasteiger partial charge in [0.25, 0.3) is 0 Å². The fraction of sp³-hybridized carbons (Fsp3) is 0.0833. The lowest BCUT2D eigenvalue weighted by atomic mass is 10.2. The quantitative estimate of drug-likeness (QED) is 0.375. The van der Waals surface area contributed by atoms with Crippen LogP contribution in [-0.2, 0) is 6.54 Å². The number of furan rings is 1. The molecule has 3 nitrogen and oxygen atoms in total. The van der Waals surface area contributed by atoms with E-state index in [0.717, 1.165) is 10.3 Å². The zero-order valence-corrected chi connectivity index (χ0v) is 10.1. The lowest BCUT2D eigenvalue weighted by Crippen LogP contribution is -2.04. The summed E-state index contributed by atoms with van der Waals surface area (Å²) >= 11 is 3.18. The van der Waals surface area contributed by atoms with E-state index < -0.39 is 0 Å². The third-order valence-corrected chi connectivity index (χ3v) is 2.47. The number of nitrogens with zero attached hydrogens (tertiary/aromatic N) is 1. The fourth-order valence-electron chi connectivity index (χ4n) is 1.35. The van der Waals surface area contributed by atoms with E-state index in [0.29, 0.717) is 17.0 Å². The Kier molecular flexibility index (Phi) is 3.41. The van der Waals surface area contributed by atoms with E-state index in [-0.39, 0.29) is 0 Å². The molecule has 1 heterocycles. The van der Waals surface area contributed by atoms with Crippen LogP contribution < -0.4 is 0 Å². The van der Waals surface area contributed by atoms with Crippen molar-refractivity contribution in [1.82, 2.24) is 0 Å². The third-order valence-electron chi connectivity index (χ3n) is 2.05. The molecule has 0 bridgehead atoms. The number of hydroxylamine groups is 1. The van der Waals surface area contributed by atoms with Crippen LogP contribution in [0.3, 0.4) is 0 Å². The van der Waals surface area contributed by atoms with E-state index in [4.69, 9.17) is 4.42 Å². The topological polar surface area (TPSA) is 39.2 Å². The van der Waals surface area contributed by atoms with Crippen LogP contribution >= 0.6 is 15.9 Å². The predicted molar refractivity (Wildman–Crippen MR) is 65.3 cm³/mol. The Morgan fingerprint density at radius 2 is 1.94 bits per heavy atom. The van der Waals surface area contributed by atoms with E-state index in [2.05, 4.69) is 15.9 Å². The fourth-order valence-corrected chi connectivity index (χ4v) is 1.67. The third kappa shape index (κ3) is 2.97. The van der Waals surface area contributed by atoms with E-state index in [1.807, 2.05) is 30.3 Å². The molecule has 0 radical (unpaired) electrons. The molecule has 0 aliphatic heterocycles. The predicted octanol–water partition coefficient (Wildman–Crippen LogP) is 3.17. The van der Waals surface area contributed by atoms with E-state index in [1.54, 1.807) is 12.1 Å². The lowest BCUT2D eigenvalue weighted by Gasteiger charge is -2.02. The van der Waals surface area contributed by atoms with Gasteiger partial charge in [-0.15, -0.1) is 0 Å². The molecule has 0 atom stereocenters. The largest absolute Gasteiger partial charge is 0.623 e. The van der Waals surface area contributed by atoms with Gasteiger partial charge in [0, 0.05) is 5.56 Å². The van der Waals surface area contributed by atoms with Crippen LogP contribution in [0.1, 0.15) is 11.3 Å². The van der Waals surface area contributed by atoms with Gasteiger partial charge in [0.15, 0.2) is 17.0 Å². The van der Waals surface area contributed by atoms with Crippen LogP contribution in [0.15, 0.2) is 51.6 Å². The van der Waals surface area contributed by atoms with Crippen molar-refractivity contribution in [2.75, 3.05) is 0 Å². The first-order valence-corrected chi connectivity index (χ1v) is 5.61. The molecule has 2 aromatic rings. The van der Waals surface area contributed by atoms with Gasteiger partial charge in [0.1, 0.15) is 0 Å². The summed E-state index contributed by atoms with van der Waals surface area (Å²) in [6, 6.07) is 13.1. The van der Waals surface area contributed by atoms with Crippen molar-refractivity contribution in [1.29, 1.82) is 0 Å². The highest BCUT2D eigenvalue weighted by atomic mass is 79.9. The average molecular weight is 280 g/mol. The van der Waals surface area contributed by atoms with E-state index in [9.17, 15) is 5.21 Å². The van der Waals surface area contributed by atoms with Crippen molar-refractivity contribution in [2.24, 2.45) is 0 Å². The molecule has 0 spiro atoms. The summed E-state index contributed by atoms with van der Waals surface area (Å²) in [7, 11) is 0. The molecular formula is C12H10BrNO2. The van der Waals surface area contributed by atoms with Crippen LogP contribution in [0.4, 0.5) is 0 Å². The molecule has 0 aliphatic rings. The van der Waals surface area contributed by atoms with Crippen molar-refractivity contribution in [3.8, 4) is 0 Å². The molecule has 4 heteroatoms. The van der Waals surface area contributed by atoms with Crippen LogP contribution in [0.2, 0.25) is 0 Å². The second-order valence-corrected chi connectivity index (χ2v) is 4.11. The first-order valence-electron chi connectivity index (χ1n) is 4.82. The zero-order chi connectivity index (χ0) is 11.4. The molecule has 0 fully saturated rings. The molecule has 0 unspecified atom stereocenters. The molecule has 0 saturated heterocycles. The van der Waals surface area contributed by atoms with Crippen LogP contribution in [-0.4, -0.2) is 11.0 Å². The standard InChI is InChI=1S/C12H10BrNO2/c13-12-7-6-11(16-12)9-14(15)8-10-4-2-1-3-5-10/h1-7,9H,8H2/b14-9-. The molecule has 1 aromatic carbocycles. The van der Waals surface area contributed by atoms with Crippen molar-refractivity contribution in [2.45, 2.75) is 6.54 Å². The molecule has 0 amide bonds. The van der Waals surface area contributed by atoms with E-state index >= 15 is 0 Å². The highest BCUT2D eigenvalue weighted by molar-refractivity contribution is 9.10. The Labute approximate surface area is 102 Å². The van der Waals surface area contributed by atoms with Crippen molar-refractivity contribution in [3.05, 3.63) is 63.7 Å². The molecule has 0 saturated carbocycles. The monoisotopic (exact) mass is 279 g/mol. The second-order valence-electron chi connectivity index (χ2n) is 3.33. The molecular weight excluding hydrogens is 270 g/mol. The lowest BCUT2D eigenvalue weighted by molar-refractivity contribution is -0.469. The van der Waals surface area contributed by atoms with Crippen molar-refractivity contribution in [3.63, 3.8) is 0 Å². The van der Waals surface area contributed by atoms with Gasteiger partial charge in [0.2, 0.25) is 6.21 Å². The Morgan fingerprint density at radius 3 is 2.56 bits per heavy atom. The zero-order valence-electron chi connectivity index (χ0n) is 8.47.